The van der Waals surface area contributed by atoms with Gasteiger partial charge in [-0.15, -0.1) is 10.2 Å². The summed E-state index contributed by atoms with van der Waals surface area (Å²) in [5.41, 5.74) is 5.26. The summed E-state index contributed by atoms with van der Waals surface area (Å²) in [5, 5.41) is 17.9. The molecule has 0 unspecified atom stereocenters. The summed E-state index contributed by atoms with van der Waals surface area (Å²) < 4.78 is 5.72. The molecular formula is C25H29N5O. The lowest BCUT2D eigenvalue weighted by atomic mass is 10.0. The zero-order valence-electron chi connectivity index (χ0n) is 18.6. The first-order valence-electron chi connectivity index (χ1n) is 10.9. The third kappa shape index (κ3) is 4.90. The Bertz CT molecular complexity index is 1130. The van der Waals surface area contributed by atoms with Crippen molar-refractivity contribution < 1.29 is 4.42 Å². The van der Waals surface area contributed by atoms with Gasteiger partial charge in [0.05, 0.1) is 6.04 Å². The molecule has 6 nitrogen and oxygen atoms in total. The van der Waals surface area contributed by atoms with E-state index in [1.165, 1.54) is 5.56 Å². The third-order valence-corrected chi connectivity index (χ3v) is 5.17. The van der Waals surface area contributed by atoms with Crippen LogP contribution in [0.15, 0.2) is 59.0 Å². The van der Waals surface area contributed by atoms with Gasteiger partial charge in [-0.2, -0.15) is 15.0 Å². The molecule has 0 aliphatic heterocycles. The van der Waals surface area contributed by atoms with Gasteiger partial charge in [-0.3, -0.25) is 0 Å². The van der Waals surface area contributed by atoms with E-state index < -0.39 is 0 Å². The van der Waals surface area contributed by atoms with Gasteiger partial charge in [0.15, 0.2) is 0 Å². The van der Waals surface area contributed by atoms with Crippen molar-refractivity contribution in [3.63, 3.8) is 0 Å². The van der Waals surface area contributed by atoms with Gasteiger partial charge in [0, 0.05) is 23.5 Å². The molecule has 0 amide bonds. The minimum Gasteiger partial charge on any atom is -0.425 e. The van der Waals surface area contributed by atoms with Crippen LogP contribution in [0.4, 0.5) is 0 Å². The van der Waals surface area contributed by atoms with E-state index in [0.717, 1.165) is 41.8 Å². The van der Waals surface area contributed by atoms with Gasteiger partial charge in [-0.1, -0.05) is 62.4 Å². The first-order chi connectivity index (χ1) is 15.0. The minimum atomic E-state index is 0.199. The fourth-order valence-electron chi connectivity index (χ4n) is 3.46. The summed E-state index contributed by atoms with van der Waals surface area (Å²) in [5.74, 6) is 1.68. The number of nitrogens with zero attached hydrogens (tertiary/aromatic N) is 5. The lowest BCUT2D eigenvalue weighted by molar-refractivity contribution is 0.428. The highest BCUT2D eigenvalue weighted by molar-refractivity contribution is 5.77. The van der Waals surface area contributed by atoms with E-state index in [-0.39, 0.29) is 12.0 Å². The molecule has 0 aliphatic rings. The molecular weight excluding hydrogens is 386 g/mol. The van der Waals surface area contributed by atoms with E-state index in [2.05, 4.69) is 74.3 Å². The number of benzene rings is 2. The lowest BCUT2D eigenvalue weighted by Gasteiger charge is -2.05. The van der Waals surface area contributed by atoms with E-state index in [0.29, 0.717) is 11.8 Å². The summed E-state index contributed by atoms with van der Waals surface area (Å²) in [4.78, 5) is 1.80. The van der Waals surface area contributed by atoms with E-state index >= 15 is 0 Å². The number of hydrogen-bond donors (Lipinski definition) is 0. The van der Waals surface area contributed by atoms with Crippen LogP contribution < -0.4 is 0 Å². The molecule has 2 heterocycles. The Labute approximate surface area is 183 Å². The van der Waals surface area contributed by atoms with Crippen molar-refractivity contribution in [1.29, 1.82) is 0 Å². The normalized spacial score (nSPS) is 11.5. The van der Waals surface area contributed by atoms with Crippen molar-refractivity contribution in [2.45, 2.75) is 58.9 Å². The summed E-state index contributed by atoms with van der Waals surface area (Å²) in [6.07, 6.45) is 2.67. The van der Waals surface area contributed by atoms with Crippen LogP contribution in [0.1, 0.15) is 63.4 Å². The Morgan fingerprint density at radius 2 is 1.52 bits per heavy atom. The molecule has 0 fully saturated rings. The second-order valence-corrected chi connectivity index (χ2v) is 8.42. The SMILES string of the molecule is CC(C)c1nnc(CCCc2cccc(-c3nn(C(C)C)nc3-c3ccccc3)c2)o1. The highest BCUT2D eigenvalue weighted by Crippen LogP contribution is 2.30. The number of rotatable bonds is 8. The first-order valence-corrected chi connectivity index (χ1v) is 10.9. The van der Waals surface area contributed by atoms with Gasteiger partial charge in [-0.25, -0.2) is 0 Å². The van der Waals surface area contributed by atoms with Crippen LogP contribution in [0.5, 0.6) is 0 Å². The molecule has 0 saturated heterocycles. The molecule has 0 N–H and O–H groups in total. The number of aryl methyl sites for hydroxylation is 2. The molecule has 6 heteroatoms. The van der Waals surface area contributed by atoms with Crippen LogP contribution >= 0.6 is 0 Å². The van der Waals surface area contributed by atoms with Crippen molar-refractivity contribution in [3.8, 4) is 22.5 Å². The molecule has 4 rings (SSSR count). The molecule has 0 radical (unpaired) electrons. The summed E-state index contributed by atoms with van der Waals surface area (Å²) >= 11 is 0. The topological polar surface area (TPSA) is 69.6 Å². The van der Waals surface area contributed by atoms with Gasteiger partial charge in [0.2, 0.25) is 11.8 Å². The first kappa shape index (κ1) is 21.0. The molecule has 0 saturated carbocycles. The van der Waals surface area contributed by atoms with Crippen LogP contribution in [-0.4, -0.2) is 25.2 Å². The van der Waals surface area contributed by atoms with Crippen molar-refractivity contribution in [2.24, 2.45) is 0 Å². The van der Waals surface area contributed by atoms with Gasteiger partial charge < -0.3 is 4.42 Å². The van der Waals surface area contributed by atoms with Gasteiger partial charge in [0.1, 0.15) is 11.4 Å². The fourth-order valence-corrected chi connectivity index (χ4v) is 3.46. The Morgan fingerprint density at radius 1 is 0.806 bits per heavy atom. The summed E-state index contributed by atoms with van der Waals surface area (Å²) in [6, 6.07) is 19.0. The average Bonchev–Trinajstić information content (AvgIpc) is 3.43. The maximum atomic E-state index is 5.72. The largest absolute Gasteiger partial charge is 0.425 e. The molecule has 0 atom stereocenters. The van der Waals surface area contributed by atoms with Crippen molar-refractivity contribution in [3.05, 3.63) is 71.9 Å². The Morgan fingerprint density at radius 3 is 2.19 bits per heavy atom. The monoisotopic (exact) mass is 415 g/mol. The molecule has 160 valence electrons. The maximum absolute atomic E-state index is 5.72. The molecule has 31 heavy (non-hydrogen) atoms. The molecule has 0 bridgehead atoms. The minimum absolute atomic E-state index is 0.199. The Balaban J connectivity index is 1.54. The second kappa shape index (κ2) is 9.25. The van der Waals surface area contributed by atoms with Crippen LogP contribution in [0, 0.1) is 0 Å². The fraction of sp³-hybridized carbons (Fsp3) is 0.360. The second-order valence-electron chi connectivity index (χ2n) is 8.42. The highest BCUT2D eigenvalue weighted by atomic mass is 16.4. The van der Waals surface area contributed by atoms with E-state index in [1.54, 1.807) is 4.80 Å². The average molecular weight is 416 g/mol. The quantitative estimate of drug-likeness (QED) is 0.360. The molecule has 0 aliphatic carbocycles. The molecule has 2 aromatic heterocycles. The van der Waals surface area contributed by atoms with Gasteiger partial charge in [-0.05, 0) is 38.3 Å². The number of hydrogen-bond acceptors (Lipinski definition) is 5. The van der Waals surface area contributed by atoms with Crippen LogP contribution in [0.3, 0.4) is 0 Å². The van der Waals surface area contributed by atoms with Gasteiger partial charge in [0.25, 0.3) is 0 Å². The van der Waals surface area contributed by atoms with Crippen molar-refractivity contribution in [2.75, 3.05) is 0 Å². The van der Waals surface area contributed by atoms with E-state index in [4.69, 9.17) is 14.6 Å². The van der Waals surface area contributed by atoms with Crippen molar-refractivity contribution in [1.82, 2.24) is 25.2 Å². The van der Waals surface area contributed by atoms with Crippen LogP contribution in [0.2, 0.25) is 0 Å². The predicted octanol–water partition coefficient (Wildman–Crippen LogP) is 5.87. The zero-order valence-corrected chi connectivity index (χ0v) is 18.6. The van der Waals surface area contributed by atoms with Crippen LogP contribution in [-0.2, 0) is 12.8 Å². The van der Waals surface area contributed by atoms with Crippen molar-refractivity contribution >= 4 is 0 Å². The predicted molar refractivity (Wildman–Crippen MR) is 122 cm³/mol. The third-order valence-electron chi connectivity index (χ3n) is 5.17. The Hall–Kier alpha value is -3.28. The zero-order chi connectivity index (χ0) is 21.8. The standard InChI is InChI=1S/C25H29N5O/c1-17(2)25-27-26-22(31-25)15-9-11-19-10-8-14-21(16-19)24-23(20-12-6-5-7-13-20)28-30(29-24)18(3)4/h5-8,10,12-14,16-18H,9,11,15H2,1-4H3. The summed E-state index contributed by atoms with van der Waals surface area (Å²) in [6.45, 7) is 8.30. The molecule has 2 aromatic carbocycles. The van der Waals surface area contributed by atoms with Gasteiger partial charge >= 0.3 is 0 Å². The van der Waals surface area contributed by atoms with E-state index in [9.17, 15) is 0 Å². The Kier molecular flexibility index (Phi) is 6.26. The summed E-state index contributed by atoms with van der Waals surface area (Å²) in [7, 11) is 0. The maximum Gasteiger partial charge on any atom is 0.219 e. The highest BCUT2D eigenvalue weighted by Gasteiger charge is 2.17. The lowest BCUT2D eigenvalue weighted by Crippen LogP contribution is -2.04. The van der Waals surface area contributed by atoms with E-state index in [1.807, 2.05) is 18.2 Å². The van der Waals surface area contributed by atoms with Crippen LogP contribution in [0.25, 0.3) is 22.5 Å². The molecule has 0 spiro atoms. The number of aromatic nitrogens is 5. The molecule has 4 aromatic rings. The smallest absolute Gasteiger partial charge is 0.219 e.